The molecule has 0 spiro atoms. The molecule has 0 radical (unpaired) electrons. The number of rotatable bonds is 4. The number of benzene rings is 2. The molecular weight excluding hydrogens is 254 g/mol. The Morgan fingerprint density at radius 1 is 1.11 bits per heavy atom. The van der Waals surface area contributed by atoms with Gasteiger partial charge in [-0.3, -0.25) is 0 Å². The van der Waals surface area contributed by atoms with E-state index in [0.29, 0.717) is 11.6 Å². The molecule has 0 unspecified atom stereocenters. The molecule has 0 aliphatic carbocycles. The van der Waals surface area contributed by atoms with E-state index in [1.807, 2.05) is 24.3 Å². The van der Waals surface area contributed by atoms with Crippen LogP contribution >= 0.6 is 12.2 Å². The van der Waals surface area contributed by atoms with Gasteiger partial charge in [-0.05, 0) is 42.7 Å². The molecule has 3 heteroatoms. The fraction of sp³-hybridized carbons (Fsp3) is 0.188. The number of hydrogen-bond acceptors (Lipinski definition) is 2. The SMILES string of the molecule is Cc1ccc(COc2ccccc2C(N)=S)cc1C. The number of ether oxygens (including phenoxy) is 1. The van der Waals surface area contributed by atoms with Crippen LogP contribution in [0.25, 0.3) is 0 Å². The molecule has 0 bridgehead atoms. The van der Waals surface area contributed by atoms with E-state index in [-0.39, 0.29) is 0 Å². The number of hydrogen-bond donors (Lipinski definition) is 1. The largest absolute Gasteiger partial charge is 0.488 e. The zero-order valence-corrected chi connectivity index (χ0v) is 12.0. The second-order valence-electron chi connectivity index (χ2n) is 4.57. The Labute approximate surface area is 119 Å². The molecule has 0 fully saturated rings. The predicted molar refractivity (Wildman–Crippen MR) is 82.6 cm³/mol. The van der Waals surface area contributed by atoms with Crippen LogP contribution in [-0.4, -0.2) is 4.99 Å². The van der Waals surface area contributed by atoms with Gasteiger partial charge in [0.1, 0.15) is 17.3 Å². The highest BCUT2D eigenvalue weighted by Gasteiger charge is 2.05. The molecule has 0 amide bonds. The minimum atomic E-state index is 0.357. The summed E-state index contributed by atoms with van der Waals surface area (Å²) < 4.78 is 5.81. The fourth-order valence-electron chi connectivity index (χ4n) is 1.85. The van der Waals surface area contributed by atoms with Crippen LogP contribution in [0.15, 0.2) is 42.5 Å². The summed E-state index contributed by atoms with van der Waals surface area (Å²) in [4.78, 5) is 0.357. The Hall–Kier alpha value is -1.87. The van der Waals surface area contributed by atoms with Gasteiger partial charge >= 0.3 is 0 Å². The lowest BCUT2D eigenvalue weighted by atomic mass is 10.1. The molecule has 0 aliphatic heterocycles. The summed E-state index contributed by atoms with van der Waals surface area (Å²) in [6, 6.07) is 13.9. The van der Waals surface area contributed by atoms with Gasteiger partial charge in [0.25, 0.3) is 0 Å². The fourth-order valence-corrected chi connectivity index (χ4v) is 2.02. The van der Waals surface area contributed by atoms with Crippen molar-refractivity contribution in [2.45, 2.75) is 20.5 Å². The molecular formula is C16H17NOS. The van der Waals surface area contributed by atoms with Gasteiger partial charge in [-0.25, -0.2) is 0 Å². The molecule has 0 heterocycles. The summed E-state index contributed by atoms with van der Waals surface area (Å²) in [5.41, 5.74) is 10.1. The maximum atomic E-state index is 5.81. The lowest BCUT2D eigenvalue weighted by Crippen LogP contribution is -2.11. The Morgan fingerprint density at radius 3 is 2.53 bits per heavy atom. The van der Waals surface area contributed by atoms with Crippen LogP contribution in [0.1, 0.15) is 22.3 Å². The number of nitrogens with two attached hydrogens (primary N) is 1. The van der Waals surface area contributed by atoms with Crippen molar-refractivity contribution in [3.05, 3.63) is 64.7 Å². The standard InChI is InChI=1S/C16H17NOS/c1-11-7-8-13(9-12(11)2)10-18-15-6-4-3-5-14(15)16(17)19/h3-9H,10H2,1-2H3,(H2,17,19). The first-order chi connectivity index (χ1) is 9.08. The molecule has 2 rings (SSSR count). The average molecular weight is 271 g/mol. The molecule has 2 N–H and O–H groups in total. The summed E-state index contributed by atoms with van der Waals surface area (Å²) >= 11 is 5.02. The number of para-hydroxylation sites is 1. The summed E-state index contributed by atoms with van der Waals surface area (Å²) in [6.45, 7) is 4.71. The van der Waals surface area contributed by atoms with Gasteiger partial charge in [-0.1, -0.05) is 42.5 Å². The zero-order valence-electron chi connectivity index (χ0n) is 11.1. The van der Waals surface area contributed by atoms with Crippen molar-refractivity contribution >= 4 is 17.2 Å². The Morgan fingerprint density at radius 2 is 1.84 bits per heavy atom. The summed E-state index contributed by atoms with van der Waals surface area (Å²) in [5.74, 6) is 0.730. The van der Waals surface area contributed by atoms with E-state index in [1.165, 1.54) is 11.1 Å². The van der Waals surface area contributed by atoms with Crippen LogP contribution in [0.3, 0.4) is 0 Å². The van der Waals surface area contributed by atoms with Crippen molar-refractivity contribution in [3.63, 3.8) is 0 Å². The summed E-state index contributed by atoms with van der Waals surface area (Å²) in [6.07, 6.45) is 0. The first kappa shape index (κ1) is 13.6. The average Bonchev–Trinajstić information content (AvgIpc) is 2.40. The quantitative estimate of drug-likeness (QED) is 0.864. The van der Waals surface area contributed by atoms with E-state index in [0.717, 1.165) is 16.9 Å². The molecule has 0 aliphatic rings. The highest BCUT2D eigenvalue weighted by Crippen LogP contribution is 2.19. The third kappa shape index (κ3) is 3.32. The first-order valence-corrected chi connectivity index (χ1v) is 6.56. The predicted octanol–water partition coefficient (Wildman–Crippen LogP) is 3.52. The molecule has 0 saturated heterocycles. The van der Waals surface area contributed by atoms with Crippen molar-refractivity contribution in [1.29, 1.82) is 0 Å². The Kier molecular flexibility index (Phi) is 4.17. The molecule has 0 atom stereocenters. The topological polar surface area (TPSA) is 35.2 Å². The molecule has 0 saturated carbocycles. The van der Waals surface area contributed by atoms with Crippen LogP contribution in [0.4, 0.5) is 0 Å². The Bertz CT molecular complexity index is 607. The normalized spacial score (nSPS) is 10.2. The van der Waals surface area contributed by atoms with Crippen molar-refractivity contribution in [2.75, 3.05) is 0 Å². The van der Waals surface area contributed by atoms with E-state index in [2.05, 4.69) is 32.0 Å². The summed E-state index contributed by atoms with van der Waals surface area (Å²) in [7, 11) is 0. The van der Waals surface area contributed by atoms with Crippen LogP contribution in [-0.2, 0) is 6.61 Å². The van der Waals surface area contributed by atoms with E-state index in [1.54, 1.807) is 0 Å². The van der Waals surface area contributed by atoms with Gasteiger partial charge < -0.3 is 10.5 Å². The van der Waals surface area contributed by atoms with E-state index >= 15 is 0 Å². The maximum Gasteiger partial charge on any atom is 0.129 e. The number of thiocarbonyl (C=S) groups is 1. The zero-order chi connectivity index (χ0) is 13.8. The Balaban J connectivity index is 2.14. The van der Waals surface area contributed by atoms with Crippen molar-refractivity contribution in [3.8, 4) is 5.75 Å². The second-order valence-corrected chi connectivity index (χ2v) is 5.01. The minimum Gasteiger partial charge on any atom is -0.488 e. The lowest BCUT2D eigenvalue weighted by molar-refractivity contribution is 0.305. The monoisotopic (exact) mass is 271 g/mol. The van der Waals surface area contributed by atoms with E-state index < -0.39 is 0 Å². The highest BCUT2D eigenvalue weighted by atomic mass is 32.1. The first-order valence-electron chi connectivity index (χ1n) is 6.15. The molecule has 2 aromatic carbocycles. The van der Waals surface area contributed by atoms with Gasteiger partial charge in [-0.15, -0.1) is 0 Å². The minimum absolute atomic E-state index is 0.357. The maximum absolute atomic E-state index is 5.81. The van der Waals surface area contributed by atoms with E-state index in [9.17, 15) is 0 Å². The van der Waals surface area contributed by atoms with Gasteiger partial charge in [0.2, 0.25) is 0 Å². The second kappa shape index (κ2) is 5.85. The van der Waals surface area contributed by atoms with Crippen molar-refractivity contribution in [1.82, 2.24) is 0 Å². The van der Waals surface area contributed by atoms with Crippen molar-refractivity contribution in [2.24, 2.45) is 5.73 Å². The van der Waals surface area contributed by atoms with Crippen LogP contribution in [0, 0.1) is 13.8 Å². The lowest BCUT2D eigenvalue weighted by Gasteiger charge is -2.11. The van der Waals surface area contributed by atoms with Crippen LogP contribution in [0.5, 0.6) is 5.75 Å². The van der Waals surface area contributed by atoms with Crippen LogP contribution in [0.2, 0.25) is 0 Å². The highest BCUT2D eigenvalue weighted by molar-refractivity contribution is 7.80. The van der Waals surface area contributed by atoms with Gasteiger partial charge in [-0.2, -0.15) is 0 Å². The van der Waals surface area contributed by atoms with Gasteiger partial charge in [0.15, 0.2) is 0 Å². The molecule has 0 aromatic heterocycles. The van der Waals surface area contributed by atoms with E-state index in [4.69, 9.17) is 22.7 Å². The van der Waals surface area contributed by atoms with Gasteiger partial charge in [0, 0.05) is 0 Å². The molecule has 19 heavy (non-hydrogen) atoms. The summed E-state index contributed by atoms with van der Waals surface area (Å²) in [5, 5.41) is 0. The number of aryl methyl sites for hydroxylation is 2. The molecule has 98 valence electrons. The third-order valence-corrected chi connectivity index (χ3v) is 3.34. The van der Waals surface area contributed by atoms with Crippen molar-refractivity contribution < 1.29 is 4.74 Å². The molecule has 2 aromatic rings. The van der Waals surface area contributed by atoms with Gasteiger partial charge in [0.05, 0.1) is 5.56 Å². The van der Waals surface area contributed by atoms with Crippen LogP contribution < -0.4 is 10.5 Å². The smallest absolute Gasteiger partial charge is 0.129 e. The molecule has 2 nitrogen and oxygen atoms in total. The third-order valence-electron chi connectivity index (χ3n) is 3.12.